The maximum Gasteiger partial charge on any atom is 0.241 e. The van der Waals surface area contributed by atoms with E-state index in [1.165, 1.54) is 24.7 Å². The van der Waals surface area contributed by atoms with Crippen LogP contribution in [0.1, 0.15) is 42.7 Å². The third-order valence-corrected chi connectivity index (χ3v) is 5.21. The Kier molecular flexibility index (Phi) is 4.84. The molecule has 0 bridgehead atoms. The highest BCUT2D eigenvalue weighted by atomic mass is 16.5. The summed E-state index contributed by atoms with van der Waals surface area (Å²) in [5.41, 5.74) is 3.15. The summed E-state index contributed by atoms with van der Waals surface area (Å²) >= 11 is 0. The number of likely N-dealkylation sites (tertiary alicyclic amines) is 1. The zero-order valence-corrected chi connectivity index (χ0v) is 15.0. The number of methoxy groups -OCH3 is 1. The van der Waals surface area contributed by atoms with Crippen molar-refractivity contribution < 1.29 is 9.53 Å². The molecular weight excluding hydrogens is 328 g/mol. The minimum absolute atomic E-state index is 0.0532. The van der Waals surface area contributed by atoms with Gasteiger partial charge in [0.05, 0.1) is 13.2 Å². The van der Waals surface area contributed by atoms with Crippen LogP contribution in [0.2, 0.25) is 0 Å². The van der Waals surface area contributed by atoms with Crippen LogP contribution in [0.25, 0.3) is 0 Å². The predicted octanol–water partition coefficient (Wildman–Crippen LogP) is 2.97. The van der Waals surface area contributed by atoms with Gasteiger partial charge in [0.1, 0.15) is 6.33 Å². The van der Waals surface area contributed by atoms with Gasteiger partial charge in [0.2, 0.25) is 11.8 Å². The summed E-state index contributed by atoms with van der Waals surface area (Å²) in [6.45, 7) is 1.50. The first-order valence-electron chi connectivity index (χ1n) is 9.22. The summed E-state index contributed by atoms with van der Waals surface area (Å²) in [5.74, 6) is 1.35. The van der Waals surface area contributed by atoms with Crippen LogP contribution in [0, 0.1) is 0 Å². The van der Waals surface area contributed by atoms with Gasteiger partial charge in [-0.3, -0.25) is 9.69 Å². The van der Waals surface area contributed by atoms with Gasteiger partial charge in [-0.25, -0.2) is 9.97 Å². The van der Waals surface area contributed by atoms with Gasteiger partial charge >= 0.3 is 0 Å². The highest BCUT2D eigenvalue weighted by molar-refractivity contribution is 5.95. The molecule has 2 aliphatic rings. The molecule has 1 aromatic heterocycles. The molecule has 6 heteroatoms. The topological polar surface area (TPSA) is 67.4 Å². The third-order valence-electron chi connectivity index (χ3n) is 5.21. The van der Waals surface area contributed by atoms with E-state index in [0.717, 1.165) is 36.6 Å². The normalized spacial score (nSPS) is 20.1. The first-order chi connectivity index (χ1) is 12.7. The van der Waals surface area contributed by atoms with Crippen molar-refractivity contribution in [1.29, 1.82) is 0 Å². The number of carbonyl (C=O) groups excluding carboxylic acids is 1. The van der Waals surface area contributed by atoms with Gasteiger partial charge in [0, 0.05) is 24.0 Å². The maximum atomic E-state index is 12.8. The summed E-state index contributed by atoms with van der Waals surface area (Å²) in [4.78, 5) is 23.2. The Morgan fingerprint density at radius 3 is 2.81 bits per heavy atom. The number of hydrogen-bond acceptors (Lipinski definition) is 5. The van der Waals surface area contributed by atoms with Gasteiger partial charge in [-0.2, -0.15) is 0 Å². The van der Waals surface area contributed by atoms with E-state index in [-0.39, 0.29) is 11.9 Å². The molecule has 2 aromatic rings. The Bertz CT molecular complexity index is 774. The first-order valence-corrected chi connectivity index (χ1v) is 9.22. The molecule has 1 aliphatic heterocycles. The lowest BCUT2D eigenvalue weighted by molar-refractivity contribution is -0.120. The molecule has 1 aliphatic carbocycles. The summed E-state index contributed by atoms with van der Waals surface area (Å²) in [5, 5.41) is 3.07. The van der Waals surface area contributed by atoms with E-state index < -0.39 is 0 Å². The number of ether oxygens (including phenoxy) is 1. The van der Waals surface area contributed by atoms with Crippen molar-refractivity contribution >= 4 is 11.6 Å². The molecule has 0 unspecified atom stereocenters. The van der Waals surface area contributed by atoms with Crippen molar-refractivity contribution in [2.45, 2.75) is 44.2 Å². The van der Waals surface area contributed by atoms with Gasteiger partial charge < -0.3 is 10.1 Å². The highest BCUT2D eigenvalue weighted by Gasteiger charge is 2.31. The smallest absolute Gasteiger partial charge is 0.241 e. The van der Waals surface area contributed by atoms with Gasteiger partial charge in [-0.15, -0.1) is 0 Å². The molecule has 6 nitrogen and oxygen atoms in total. The second kappa shape index (κ2) is 7.41. The van der Waals surface area contributed by atoms with Gasteiger partial charge in [-0.1, -0.05) is 12.1 Å². The second-order valence-electron chi connectivity index (χ2n) is 7.07. The summed E-state index contributed by atoms with van der Waals surface area (Å²) in [7, 11) is 1.60. The second-order valence-corrected chi connectivity index (χ2v) is 7.07. The average molecular weight is 352 g/mol. The lowest BCUT2D eigenvalue weighted by atomic mass is 10.1. The minimum atomic E-state index is -0.136. The molecule has 1 amide bonds. The molecule has 26 heavy (non-hydrogen) atoms. The zero-order chi connectivity index (χ0) is 17.9. The molecule has 4 rings (SSSR count). The first kappa shape index (κ1) is 17.0. The van der Waals surface area contributed by atoms with E-state index in [0.29, 0.717) is 12.4 Å². The van der Waals surface area contributed by atoms with Crippen LogP contribution in [-0.2, 0) is 11.3 Å². The van der Waals surface area contributed by atoms with E-state index in [1.807, 2.05) is 12.1 Å². The molecule has 1 atom stereocenters. The van der Waals surface area contributed by atoms with Crippen LogP contribution in [-0.4, -0.2) is 40.5 Å². The van der Waals surface area contributed by atoms with Gasteiger partial charge in [0.15, 0.2) is 0 Å². The number of amides is 1. The molecule has 2 fully saturated rings. The van der Waals surface area contributed by atoms with E-state index in [9.17, 15) is 4.79 Å². The molecule has 1 saturated carbocycles. The van der Waals surface area contributed by atoms with Crippen molar-refractivity contribution in [3.63, 3.8) is 0 Å². The molecule has 2 heterocycles. The Balaban J connectivity index is 1.41. The van der Waals surface area contributed by atoms with E-state index in [1.54, 1.807) is 13.3 Å². The Hall–Kier alpha value is -2.47. The van der Waals surface area contributed by atoms with Crippen LogP contribution in [0.4, 0.5) is 5.69 Å². The number of nitrogens with one attached hydrogen (secondary N) is 1. The number of hydrogen-bond donors (Lipinski definition) is 1. The fourth-order valence-electron chi connectivity index (χ4n) is 3.65. The fraction of sp³-hybridized carbons (Fsp3) is 0.450. The average Bonchev–Trinajstić information content (AvgIpc) is 3.42. The largest absolute Gasteiger partial charge is 0.481 e. The number of benzene rings is 1. The standard InChI is InChI=1S/C20H24N4O2/c1-26-20-16(11-21-13-22-20)12-24-10-2-3-18(24)19(25)23-17-8-6-15(7-9-17)14-4-5-14/h6-9,11,13-14,18H,2-5,10,12H2,1H3,(H,23,25)/t18-/m1/s1. The van der Waals surface area contributed by atoms with Crippen molar-refractivity contribution in [2.24, 2.45) is 0 Å². The summed E-state index contributed by atoms with van der Waals surface area (Å²) in [6, 6.07) is 8.15. The molecule has 136 valence electrons. The van der Waals surface area contributed by atoms with E-state index >= 15 is 0 Å². The fourth-order valence-corrected chi connectivity index (χ4v) is 3.65. The third kappa shape index (κ3) is 3.70. The van der Waals surface area contributed by atoms with Crippen molar-refractivity contribution in [1.82, 2.24) is 14.9 Å². The van der Waals surface area contributed by atoms with Gasteiger partial charge in [-0.05, 0) is 55.8 Å². The van der Waals surface area contributed by atoms with Crippen molar-refractivity contribution in [2.75, 3.05) is 19.0 Å². The minimum Gasteiger partial charge on any atom is -0.481 e. The molecule has 0 spiro atoms. The Labute approximate surface area is 153 Å². The zero-order valence-electron chi connectivity index (χ0n) is 15.0. The summed E-state index contributed by atoms with van der Waals surface area (Å²) < 4.78 is 5.30. The Morgan fingerprint density at radius 2 is 2.08 bits per heavy atom. The molecule has 1 saturated heterocycles. The van der Waals surface area contributed by atoms with Gasteiger partial charge in [0.25, 0.3) is 0 Å². The van der Waals surface area contributed by atoms with Crippen LogP contribution in [0.15, 0.2) is 36.8 Å². The number of carbonyl (C=O) groups is 1. The molecule has 1 N–H and O–H groups in total. The molecule has 1 aromatic carbocycles. The molecular formula is C20H24N4O2. The van der Waals surface area contributed by atoms with Crippen molar-refractivity contribution in [3.8, 4) is 5.88 Å². The SMILES string of the molecule is COc1ncncc1CN1CCC[C@@H]1C(=O)Nc1ccc(C2CC2)cc1. The quantitative estimate of drug-likeness (QED) is 0.866. The summed E-state index contributed by atoms with van der Waals surface area (Å²) in [6.07, 6.45) is 7.68. The number of anilines is 1. The highest BCUT2D eigenvalue weighted by Crippen LogP contribution is 2.40. The number of rotatable bonds is 6. The van der Waals surface area contributed by atoms with Crippen LogP contribution < -0.4 is 10.1 Å². The van der Waals surface area contributed by atoms with Crippen LogP contribution in [0.3, 0.4) is 0 Å². The van der Waals surface area contributed by atoms with Crippen LogP contribution in [0.5, 0.6) is 5.88 Å². The van der Waals surface area contributed by atoms with E-state index in [2.05, 4.69) is 32.3 Å². The number of aromatic nitrogens is 2. The lowest BCUT2D eigenvalue weighted by Crippen LogP contribution is -2.39. The van der Waals surface area contributed by atoms with Crippen LogP contribution >= 0.6 is 0 Å². The monoisotopic (exact) mass is 352 g/mol. The Morgan fingerprint density at radius 1 is 1.27 bits per heavy atom. The lowest BCUT2D eigenvalue weighted by Gasteiger charge is -2.24. The molecule has 0 radical (unpaired) electrons. The van der Waals surface area contributed by atoms with E-state index in [4.69, 9.17) is 4.74 Å². The number of nitrogens with zero attached hydrogens (tertiary/aromatic N) is 3. The predicted molar refractivity (Wildman–Crippen MR) is 99.1 cm³/mol. The van der Waals surface area contributed by atoms with Crippen molar-refractivity contribution in [3.05, 3.63) is 47.9 Å². The maximum absolute atomic E-state index is 12.8.